The summed E-state index contributed by atoms with van der Waals surface area (Å²) in [5.74, 6) is 0.641. The lowest BCUT2D eigenvalue weighted by molar-refractivity contribution is 0.767. The molecule has 0 spiro atoms. The summed E-state index contributed by atoms with van der Waals surface area (Å²) < 4.78 is 4.46. The monoisotopic (exact) mass is 331 g/mol. The highest BCUT2D eigenvalue weighted by atomic mass is 79.9. The standard InChI is InChI=1S/C14H14BrN5/c1-19-8-10(7-17-19)13-12(14(16)20(2)18-13)9-4-3-5-11(15)6-9/h3-8H,16H2,1-2H3. The quantitative estimate of drug-likeness (QED) is 0.785. The SMILES string of the molecule is Cn1cc(-c2nn(C)c(N)c2-c2cccc(Br)c2)cn1. The average Bonchev–Trinajstić information content (AvgIpc) is 2.95. The number of nitrogens with zero attached hydrogens (tertiary/aromatic N) is 4. The zero-order valence-electron chi connectivity index (χ0n) is 11.2. The number of aryl methyl sites for hydroxylation is 2. The normalized spacial score (nSPS) is 10.9. The molecule has 2 heterocycles. The molecule has 5 nitrogen and oxygen atoms in total. The van der Waals surface area contributed by atoms with Crippen molar-refractivity contribution in [1.82, 2.24) is 19.6 Å². The second-order valence-corrected chi connectivity index (χ2v) is 5.56. The molecule has 0 aliphatic carbocycles. The Morgan fingerprint density at radius 1 is 1.20 bits per heavy atom. The van der Waals surface area contributed by atoms with Crippen molar-refractivity contribution in [1.29, 1.82) is 0 Å². The summed E-state index contributed by atoms with van der Waals surface area (Å²) >= 11 is 3.49. The highest BCUT2D eigenvalue weighted by Crippen LogP contribution is 2.36. The van der Waals surface area contributed by atoms with E-state index in [0.29, 0.717) is 5.82 Å². The van der Waals surface area contributed by atoms with Crippen LogP contribution >= 0.6 is 15.9 Å². The Bertz CT molecular complexity index is 772. The molecule has 0 saturated heterocycles. The molecule has 2 N–H and O–H groups in total. The second kappa shape index (κ2) is 4.79. The third-order valence-electron chi connectivity index (χ3n) is 3.18. The molecule has 102 valence electrons. The van der Waals surface area contributed by atoms with Gasteiger partial charge in [0.05, 0.1) is 11.8 Å². The van der Waals surface area contributed by atoms with Crippen LogP contribution in [0.2, 0.25) is 0 Å². The Hall–Kier alpha value is -2.08. The van der Waals surface area contributed by atoms with Gasteiger partial charge in [-0.25, -0.2) is 0 Å². The summed E-state index contributed by atoms with van der Waals surface area (Å²) in [6.45, 7) is 0. The molecule has 3 aromatic rings. The molecule has 0 fully saturated rings. The lowest BCUT2D eigenvalue weighted by atomic mass is 10.0. The van der Waals surface area contributed by atoms with Crippen LogP contribution in [0.25, 0.3) is 22.4 Å². The van der Waals surface area contributed by atoms with Crippen molar-refractivity contribution >= 4 is 21.7 Å². The molecule has 0 radical (unpaired) electrons. The summed E-state index contributed by atoms with van der Waals surface area (Å²) in [4.78, 5) is 0. The minimum atomic E-state index is 0.641. The molecule has 0 saturated carbocycles. The molecule has 0 bridgehead atoms. The van der Waals surface area contributed by atoms with E-state index in [0.717, 1.165) is 26.9 Å². The molecule has 6 heteroatoms. The van der Waals surface area contributed by atoms with E-state index in [4.69, 9.17) is 5.73 Å². The van der Waals surface area contributed by atoms with Gasteiger partial charge in [-0.3, -0.25) is 9.36 Å². The van der Waals surface area contributed by atoms with Crippen LogP contribution in [0, 0.1) is 0 Å². The van der Waals surface area contributed by atoms with Gasteiger partial charge in [-0.2, -0.15) is 10.2 Å². The van der Waals surface area contributed by atoms with Gasteiger partial charge in [0.1, 0.15) is 11.5 Å². The van der Waals surface area contributed by atoms with E-state index < -0.39 is 0 Å². The number of benzene rings is 1. The summed E-state index contributed by atoms with van der Waals surface area (Å²) in [6.07, 6.45) is 3.73. The van der Waals surface area contributed by atoms with Crippen LogP contribution in [-0.4, -0.2) is 19.6 Å². The lowest BCUT2D eigenvalue weighted by Gasteiger charge is -2.03. The fourth-order valence-corrected chi connectivity index (χ4v) is 2.61. The molecule has 0 atom stereocenters. The van der Waals surface area contributed by atoms with E-state index >= 15 is 0 Å². The smallest absolute Gasteiger partial charge is 0.129 e. The van der Waals surface area contributed by atoms with Crippen molar-refractivity contribution in [2.45, 2.75) is 0 Å². The topological polar surface area (TPSA) is 61.7 Å². The average molecular weight is 332 g/mol. The van der Waals surface area contributed by atoms with Crippen LogP contribution in [0.3, 0.4) is 0 Å². The third-order valence-corrected chi connectivity index (χ3v) is 3.68. The number of rotatable bonds is 2. The number of nitrogens with two attached hydrogens (primary N) is 1. The van der Waals surface area contributed by atoms with E-state index in [1.165, 1.54) is 0 Å². The molecule has 2 aromatic heterocycles. The van der Waals surface area contributed by atoms with Crippen molar-refractivity contribution < 1.29 is 0 Å². The summed E-state index contributed by atoms with van der Waals surface area (Å²) in [5.41, 5.74) is 9.95. The fraction of sp³-hybridized carbons (Fsp3) is 0.143. The van der Waals surface area contributed by atoms with Crippen LogP contribution in [-0.2, 0) is 14.1 Å². The largest absolute Gasteiger partial charge is 0.383 e. The van der Waals surface area contributed by atoms with Gasteiger partial charge in [-0.15, -0.1) is 0 Å². The van der Waals surface area contributed by atoms with E-state index in [-0.39, 0.29) is 0 Å². The Morgan fingerprint density at radius 2 is 2.00 bits per heavy atom. The molecule has 20 heavy (non-hydrogen) atoms. The first kappa shape index (κ1) is 12.9. The molecule has 1 aromatic carbocycles. The highest BCUT2D eigenvalue weighted by molar-refractivity contribution is 9.10. The summed E-state index contributed by atoms with van der Waals surface area (Å²) in [6, 6.07) is 8.03. The van der Waals surface area contributed by atoms with Crippen LogP contribution in [0.4, 0.5) is 5.82 Å². The Labute approximate surface area is 125 Å². The van der Waals surface area contributed by atoms with Crippen molar-refractivity contribution in [3.05, 3.63) is 41.1 Å². The molecule has 0 unspecified atom stereocenters. The maximum Gasteiger partial charge on any atom is 0.129 e. The Morgan fingerprint density at radius 3 is 2.65 bits per heavy atom. The first-order chi connectivity index (χ1) is 9.56. The molecular weight excluding hydrogens is 318 g/mol. The molecule has 0 aliphatic rings. The van der Waals surface area contributed by atoms with Crippen molar-refractivity contribution in [3.8, 4) is 22.4 Å². The van der Waals surface area contributed by atoms with Crippen LogP contribution in [0.15, 0.2) is 41.1 Å². The van der Waals surface area contributed by atoms with Gasteiger partial charge in [0.2, 0.25) is 0 Å². The van der Waals surface area contributed by atoms with Crippen LogP contribution in [0.1, 0.15) is 0 Å². The number of nitrogen functional groups attached to an aromatic ring is 1. The number of halogens is 1. The van der Waals surface area contributed by atoms with Gasteiger partial charge in [0, 0.05) is 30.3 Å². The van der Waals surface area contributed by atoms with E-state index in [2.05, 4.69) is 26.1 Å². The number of anilines is 1. The van der Waals surface area contributed by atoms with Gasteiger partial charge < -0.3 is 5.73 Å². The van der Waals surface area contributed by atoms with E-state index in [9.17, 15) is 0 Å². The highest BCUT2D eigenvalue weighted by Gasteiger charge is 2.18. The second-order valence-electron chi connectivity index (χ2n) is 4.65. The Balaban J connectivity index is 2.24. The minimum absolute atomic E-state index is 0.641. The van der Waals surface area contributed by atoms with E-state index in [1.54, 1.807) is 15.6 Å². The van der Waals surface area contributed by atoms with Gasteiger partial charge in [0.15, 0.2) is 0 Å². The van der Waals surface area contributed by atoms with Crippen molar-refractivity contribution in [2.24, 2.45) is 14.1 Å². The molecular formula is C14H14BrN5. The third kappa shape index (κ3) is 2.12. The maximum atomic E-state index is 6.19. The zero-order valence-corrected chi connectivity index (χ0v) is 12.8. The number of hydrogen-bond acceptors (Lipinski definition) is 3. The summed E-state index contributed by atoms with van der Waals surface area (Å²) in [7, 11) is 3.73. The van der Waals surface area contributed by atoms with Crippen LogP contribution in [0.5, 0.6) is 0 Å². The number of aromatic nitrogens is 4. The number of hydrogen-bond donors (Lipinski definition) is 1. The Kier molecular flexibility index (Phi) is 3.10. The van der Waals surface area contributed by atoms with Gasteiger partial charge in [-0.05, 0) is 17.7 Å². The van der Waals surface area contributed by atoms with Crippen molar-refractivity contribution in [3.63, 3.8) is 0 Å². The minimum Gasteiger partial charge on any atom is -0.383 e. The molecule has 0 amide bonds. The first-order valence-corrected chi connectivity index (χ1v) is 6.93. The lowest BCUT2D eigenvalue weighted by Crippen LogP contribution is -1.97. The van der Waals surface area contributed by atoms with E-state index in [1.807, 2.05) is 44.6 Å². The zero-order chi connectivity index (χ0) is 14.3. The predicted octanol–water partition coefficient (Wildman–Crippen LogP) is 2.83. The fourth-order valence-electron chi connectivity index (χ4n) is 2.21. The van der Waals surface area contributed by atoms with Gasteiger partial charge in [-0.1, -0.05) is 28.1 Å². The van der Waals surface area contributed by atoms with Crippen molar-refractivity contribution in [2.75, 3.05) is 5.73 Å². The first-order valence-electron chi connectivity index (χ1n) is 6.13. The molecule has 3 rings (SSSR count). The maximum absolute atomic E-state index is 6.19. The summed E-state index contributed by atoms with van der Waals surface area (Å²) in [5, 5.41) is 8.72. The van der Waals surface area contributed by atoms with Gasteiger partial charge in [0.25, 0.3) is 0 Å². The predicted molar refractivity (Wildman–Crippen MR) is 83.0 cm³/mol. The van der Waals surface area contributed by atoms with Gasteiger partial charge >= 0.3 is 0 Å². The van der Waals surface area contributed by atoms with Crippen LogP contribution < -0.4 is 5.73 Å². The molecule has 0 aliphatic heterocycles.